The van der Waals surface area contributed by atoms with Crippen molar-refractivity contribution in [3.63, 3.8) is 0 Å². The fourth-order valence-electron chi connectivity index (χ4n) is 4.18. The van der Waals surface area contributed by atoms with Crippen LogP contribution in [-0.2, 0) is 27.7 Å². The van der Waals surface area contributed by atoms with Crippen molar-refractivity contribution in [3.05, 3.63) is 52.9 Å². The maximum Gasteiger partial charge on any atom is 0.234 e. The average molecular weight is 470 g/mol. The van der Waals surface area contributed by atoms with Crippen molar-refractivity contribution in [3.8, 4) is 17.2 Å². The van der Waals surface area contributed by atoms with Crippen LogP contribution in [0.2, 0.25) is 0 Å². The number of aromatic nitrogens is 1. The first-order valence-electron chi connectivity index (χ1n) is 10.8. The molecule has 0 radical (unpaired) electrons. The quantitative estimate of drug-likeness (QED) is 0.626. The maximum absolute atomic E-state index is 15.1. The van der Waals surface area contributed by atoms with Gasteiger partial charge in [0.25, 0.3) is 0 Å². The van der Waals surface area contributed by atoms with Gasteiger partial charge in [0.1, 0.15) is 17.4 Å². The number of carbonyl (C=O) groups excluding carboxylic acids is 1. The summed E-state index contributed by atoms with van der Waals surface area (Å²) >= 11 is 0. The number of ketones is 1. The lowest BCUT2D eigenvalue weighted by Gasteiger charge is -2.15. The van der Waals surface area contributed by atoms with Crippen LogP contribution < -0.4 is 4.72 Å². The summed E-state index contributed by atoms with van der Waals surface area (Å²) in [6.07, 6.45) is 7.03. The third-order valence-electron chi connectivity index (χ3n) is 6.34. The zero-order valence-corrected chi connectivity index (χ0v) is 18.5. The summed E-state index contributed by atoms with van der Waals surface area (Å²) in [7, 11) is -4.03. The highest BCUT2D eigenvalue weighted by atomic mass is 32.2. The molecule has 0 saturated heterocycles. The Kier molecular flexibility index (Phi) is 5.09. The van der Waals surface area contributed by atoms with Crippen LogP contribution in [0.4, 0.5) is 14.5 Å². The summed E-state index contributed by atoms with van der Waals surface area (Å²) in [6, 6.07) is 5.36. The fraction of sp³-hybridized carbons (Fsp3) is 0.375. The predicted octanol–water partition coefficient (Wildman–Crippen LogP) is 4.16. The van der Waals surface area contributed by atoms with Gasteiger partial charge in [0.2, 0.25) is 10.0 Å². The van der Waals surface area contributed by atoms with Gasteiger partial charge in [-0.3, -0.25) is 14.5 Å². The van der Waals surface area contributed by atoms with Gasteiger partial charge in [0, 0.05) is 41.6 Å². The van der Waals surface area contributed by atoms with Gasteiger partial charge in [-0.2, -0.15) is 5.26 Å². The minimum absolute atomic E-state index is 0.0311. The zero-order valence-electron chi connectivity index (χ0n) is 17.7. The Morgan fingerprint density at radius 1 is 1.18 bits per heavy atom. The number of nitriles is 1. The molecule has 0 atom stereocenters. The number of carbonyl (C=O) groups is 1. The number of hydrogen-bond donors (Lipinski definition) is 1. The minimum atomic E-state index is -4.03. The van der Waals surface area contributed by atoms with Crippen LogP contribution >= 0.6 is 0 Å². The van der Waals surface area contributed by atoms with Gasteiger partial charge in [-0.1, -0.05) is 12.2 Å². The van der Waals surface area contributed by atoms with E-state index in [1.165, 1.54) is 0 Å². The minimum Gasteiger partial charge on any atom is -0.299 e. The smallest absolute Gasteiger partial charge is 0.234 e. The van der Waals surface area contributed by atoms with Crippen LogP contribution in [0.3, 0.4) is 0 Å². The molecule has 1 aromatic carbocycles. The molecule has 0 amide bonds. The van der Waals surface area contributed by atoms with Crippen molar-refractivity contribution < 1.29 is 22.0 Å². The van der Waals surface area contributed by atoms with Crippen LogP contribution in [0.5, 0.6) is 0 Å². The highest BCUT2D eigenvalue weighted by Gasteiger charge is 2.47. The van der Waals surface area contributed by atoms with Crippen molar-refractivity contribution in [2.24, 2.45) is 11.3 Å². The van der Waals surface area contributed by atoms with Crippen LogP contribution in [0.25, 0.3) is 17.2 Å². The number of allylic oxidation sites excluding steroid dienone is 1. The van der Waals surface area contributed by atoms with E-state index >= 15 is 4.39 Å². The molecule has 170 valence electrons. The third-order valence-corrected chi connectivity index (χ3v) is 7.81. The lowest BCUT2D eigenvalue weighted by atomic mass is 9.97. The lowest BCUT2D eigenvalue weighted by Crippen LogP contribution is -2.23. The molecule has 33 heavy (non-hydrogen) atoms. The summed E-state index contributed by atoms with van der Waals surface area (Å²) < 4.78 is 56.9. The molecular weight excluding hydrogens is 448 g/mol. The molecule has 0 bridgehead atoms. The van der Waals surface area contributed by atoms with Gasteiger partial charge in [0.15, 0.2) is 0 Å². The molecule has 3 aliphatic carbocycles. The van der Waals surface area contributed by atoms with E-state index in [2.05, 4.69) is 9.71 Å². The largest absolute Gasteiger partial charge is 0.299 e. The van der Waals surface area contributed by atoms with E-state index < -0.39 is 38.5 Å². The van der Waals surface area contributed by atoms with Crippen LogP contribution in [0, 0.1) is 34.3 Å². The van der Waals surface area contributed by atoms with E-state index in [1.807, 2.05) is 12.1 Å². The Balaban J connectivity index is 1.47. The normalized spacial score (nSPS) is 18.0. The van der Waals surface area contributed by atoms with Gasteiger partial charge in [-0.05, 0) is 43.4 Å². The standard InChI is InChI=1S/C24H21F2N3O3S/c25-19-11-22(29-33(31,32)13-24(12-27)6-7-24)20(26)10-18(19)17-8-15(9-23(30)14-4-5-14)28-21-3-1-2-16(17)21/h1-2,8,10-11,14,29H,3-7,9,13H2. The zero-order chi connectivity index (χ0) is 23.4. The van der Waals surface area contributed by atoms with E-state index in [9.17, 15) is 17.6 Å². The maximum atomic E-state index is 15.1. The number of pyridine rings is 1. The number of nitrogens with one attached hydrogen (secondary N) is 1. The molecule has 2 fully saturated rings. The van der Waals surface area contributed by atoms with Crippen LogP contribution in [0.15, 0.2) is 24.3 Å². The number of rotatable bonds is 8. The number of fused-ring (bicyclic) bond motifs is 1. The Labute approximate surface area is 190 Å². The van der Waals surface area contributed by atoms with Gasteiger partial charge in [0.05, 0.1) is 28.6 Å². The van der Waals surface area contributed by atoms with E-state index in [4.69, 9.17) is 5.26 Å². The monoisotopic (exact) mass is 469 g/mol. The van der Waals surface area contributed by atoms with Gasteiger partial charge >= 0.3 is 0 Å². The number of nitrogens with zero attached hydrogens (tertiary/aromatic N) is 2. The Morgan fingerprint density at radius 2 is 1.94 bits per heavy atom. The second-order valence-corrected chi connectivity index (χ2v) is 10.8. The van der Waals surface area contributed by atoms with Crippen molar-refractivity contribution in [2.75, 3.05) is 10.5 Å². The van der Waals surface area contributed by atoms with Gasteiger partial charge in [-0.15, -0.1) is 0 Å². The molecule has 5 rings (SSSR count). The molecule has 3 aliphatic rings. The van der Waals surface area contributed by atoms with E-state index in [0.717, 1.165) is 25.0 Å². The molecule has 6 nitrogen and oxygen atoms in total. The first-order valence-corrected chi connectivity index (χ1v) is 12.5. The molecule has 1 heterocycles. The molecular formula is C24H21F2N3O3S. The second kappa shape index (κ2) is 7.73. The predicted molar refractivity (Wildman–Crippen MR) is 118 cm³/mol. The summed E-state index contributed by atoms with van der Waals surface area (Å²) in [5.41, 5.74) is 0.807. The number of sulfonamides is 1. The first kappa shape index (κ1) is 21.7. The molecule has 0 aliphatic heterocycles. The number of hydrogen-bond acceptors (Lipinski definition) is 5. The number of benzene rings is 1. The molecule has 0 unspecified atom stereocenters. The Hall–Kier alpha value is -3.12. The van der Waals surface area contributed by atoms with Crippen LogP contribution in [0.1, 0.15) is 42.6 Å². The Bertz CT molecular complexity index is 1350. The fourth-order valence-corrected chi connectivity index (χ4v) is 5.82. The highest BCUT2D eigenvalue weighted by Crippen LogP contribution is 2.46. The topological polar surface area (TPSA) is 99.9 Å². The number of Topliss-reactive ketones (excluding diaryl/α,β-unsaturated/α-hetero) is 1. The van der Waals surface area contributed by atoms with Crippen molar-refractivity contribution in [1.82, 2.24) is 4.98 Å². The molecule has 1 N–H and O–H groups in total. The van der Waals surface area contributed by atoms with E-state index in [-0.39, 0.29) is 23.7 Å². The molecule has 1 aromatic heterocycles. The van der Waals surface area contributed by atoms with Crippen LogP contribution in [-0.4, -0.2) is 24.9 Å². The summed E-state index contributed by atoms with van der Waals surface area (Å²) in [4.78, 5) is 16.8. The molecule has 0 spiro atoms. The van der Waals surface area contributed by atoms with E-state index in [1.54, 1.807) is 12.1 Å². The van der Waals surface area contributed by atoms with Crippen molar-refractivity contribution >= 4 is 27.6 Å². The number of anilines is 1. The average Bonchev–Trinajstić information content (AvgIpc) is 3.68. The Morgan fingerprint density at radius 3 is 2.61 bits per heavy atom. The SMILES string of the molecule is N#CC1(CS(=O)(=O)Nc2cc(F)c(-c3cc(CC(=O)C4CC4)nc4c3C=CC4)cc2F)CC1. The van der Waals surface area contributed by atoms with Gasteiger partial charge in [-0.25, -0.2) is 17.2 Å². The molecule has 2 aromatic rings. The third kappa shape index (κ3) is 4.40. The highest BCUT2D eigenvalue weighted by molar-refractivity contribution is 7.92. The van der Waals surface area contributed by atoms with Crippen molar-refractivity contribution in [1.29, 1.82) is 5.26 Å². The second-order valence-electron chi connectivity index (χ2n) is 9.11. The molecule has 2 saturated carbocycles. The first-order chi connectivity index (χ1) is 15.7. The number of halogens is 2. The summed E-state index contributed by atoms with van der Waals surface area (Å²) in [6.45, 7) is 0. The summed E-state index contributed by atoms with van der Waals surface area (Å²) in [5.74, 6) is -2.02. The summed E-state index contributed by atoms with van der Waals surface area (Å²) in [5, 5.41) is 9.13. The lowest BCUT2D eigenvalue weighted by molar-refractivity contribution is -0.119. The van der Waals surface area contributed by atoms with Crippen molar-refractivity contribution in [2.45, 2.75) is 38.5 Å². The molecule has 9 heteroatoms. The van der Waals surface area contributed by atoms with E-state index in [0.29, 0.717) is 41.8 Å². The van der Waals surface area contributed by atoms with Gasteiger partial charge < -0.3 is 0 Å².